The summed E-state index contributed by atoms with van der Waals surface area (Å²) < 4.78 is 6.69. The van der Waals surface area contributed by atoms with Crippen LogP contribution in [0.15, 0.2) is 28.7 Å². The molecule has 1 aromatic carbocycles. The summed E-state index contributed by atoms with van der Waals surface area (Å²) in [6.07, 6.45) is 6.36. The summed E-state index contributed by atoms with van der Waals surface area (Å²) in [5, 5.41) is 0. The maximum atomic E-state index is 12.5. The summed E-state index contributed by atoms with van der Waals surface area (Å²) in [7, 11) is 0. The van der Waals surface area contributed by atoms with Crippen molar-refractivity contribution in [2.24, 2.45) is 0 Å². The predicted molar refractivity (Wildman–Crippen MR) is 85.9 cm³/mol. The van der Waals surface area contributed by atoms with Crippen LogP contribution in [0.5, 0.6) is 0 Å². The summed E-state index contributed by atoms with van der Waals surface area (Å²) in [5.41, 5.74) is 1.20. The van der Waals surface area contributed by atoms with Crippen LogP contribution >= 0.6 is 15.9 Å². The Hall–Kier alpha value is -0.870. The highest BCUT2D eigenvalue weighted by Crippen LogP contribution is 2.30. The molecule has 2 fully saturated rings. The van der Waals surface area contributed by atoms with Gasteiger partial charge in [-0.1, -0.05) is 28.1 Å². The molecule has 4 heteroatoms. The maximum Gasteiger partial charge on any atom is 0.223 e. The summed E-state index contributed by atoms with van der Waals surface area (Å²) in [6, 6.07) is 8.70. The van der Waals surface area contributed by atoms with Crippen LogP contribution in [-0.2, 0) is 16.1 Å². The third-order valence-corrected chi connectivity index (χ3v) is 4.75. The molecule has 0 N–H and O–H groups in total. The van der Waals surface area contributed by atoms with Gasteiger partial charge in [0.25, 0.3) is 0 Å². The van der Waals surface area contributed by atoms with Crippen molar-refractivity contribution < 1.29 is 9.53 Å². The molecular weight excluding hydrogens is 330 g/mol. The van der Waals surface area contributed by atoms with Gasteiger partial charge in [-0.2, -0.15) is 0 Å². The lowest BCUT2D eigenvalue weighted by molar-refractivity contribution is -0.133. The average Bonchev–Trinajstić information content (AvgIpc) is 3.18. The Morgan fingerprint density at radius 3 is 2.86 bits per heavy atom. The monoisotopic (exact) mass is 351 g/mol. The minimum Gasteiger partial charge on any atom is -0.378 e. The van der Waals surface area contributed by atoms with Gasteiger partial charge < -0.3 is 9.64 Å². The van der Waals surface area contributed by atoms with E-state index in [1.54, 1.807) is 0 Å². The number of rotatable bonds is 6. The Balaban J connectivity index is 1.57. The van der Waals surface area contributed by atoms with Crippen LogP contribution in [0.25, 0.3) is 0 Å². The predicted octanol–water partition coefficient (Wildman–Crippen LogP) is 3.90. The molecule has 1 aliphatic heterocycles. The van der Waals surface area contributed by atoms with Crippen molar-refractivity contribution in [2.75, 3.05) is 6.61 Å². The Kier molecular flexibility index (Phi) is 4.96. The van der Waals surface area contributed by atoms with Crippen LogP contribution < -0.4 is 0 Å². The molecule has 1 amide bonds. The molecule has 21 heavy (non-hydrogen) atoms. The Morgan fingerprint density at radius 1 is 1.33 bits per heavy atom. The molecule has 0 aromatic heterocycles. The number of hydrogen-bond donors (Lipinski definition) is 0. The zero-order chi connectivity index (χ0) is 14.7. The lowest BCUT2D eigenvalue weighted by Gasteiger charge is -2.23. The lowest BCUT2D eigenvalue weighted by Crippen LogP contribution is -2.33. The van der Waals surface area contributed by atoms with Gasteiger partial charge in [-0.05, 0) is 49.8 Å². The first-order chi connectivity index (χ1) is 10.2. The average molecular weight is 352 g/mol. The maximum absolute atomic E-state index is 12.5. The van der Waals surface area contributed by atoms with Gasteiger partial charge in [0.05, 0.1) is 6.10 Å². The molecule has 0 radical (unpaired) electrons. The molecule has 1 atom stereocenters. The van der Waals surface area contributed by atoms with Gasteiger partial charge in [-0.3, -0.25) is 4.79 Å². The van der Waals surface area contributed by atoms with Crippen molar-refractivity contribution in [1.29, 1.82) is 0 Å². The normalized spacial score (nSPS) is 21.5. The molecule has 0 spiro atoms. The minimum atomic E-state index is 0.285. The molecule has 0 bridgehead atoms. The standard InChI is InChI=1S/C17H22BrNO2/c18-14-4-1-3-13(11-14)12-19(15-6-7-15)17(20)9-8-16-5-2-10-21-16/h1,3-4,11,15-16H,2,5-10,12H2. The van der Waals surface area contributed by atoms with Crippen LogP contribution in [0.3, 0.4) is 0 Å². The Labute approximate surface area is 134 Å². The molecule has 114 valence electrons. The molecule has 1 aliphatic carbocycles. The highest BCUT2D eigenvalue weighted by atomic mass is 79.9. The number of benzene rings is 1. The van der Waals surface area contributed by atoms with E-state index in [2.05, 4.69) is 33.0 Å². The Bertz CT molecular complexity index is 495. The van der Waals surface area contributed by atoms with Crippen LogP contribution in [0.1, 0.15) is 44.1 Å². The fraction of sp³-hybridized carbons (Fsp3) is 0.588. The zero-order valence-corrected chi connectivity index (χ0v) is 13.8. The van der Waals surface area contributed by atoms with Crippen molar-refractivity contribution >= 4 is 21.8 Å². The highest BCUT2D eigenvalue weighted by Gasteiger charge is 2.32. The fourth-order valence-corrected chi connectivity index (χ4v) is 3.39. The number of carbonyl (C=O) groups is 1. The SMILES string of the molecule is O=C(CCC1CCCO1)N(Cc1cccc(Br)c1)C1CC1. The van der Waals surface area contributed by atoms with Crippen LogP contribution in [0.4, 0.5) is 0 Å². The van der Waals surface area contributed by atoms with Crippen molar-refractivity contribution in [3.63, 3.8) is 0 Å². The van der Waals surface area contributed by atoms with Crippen LogP contribution in [0.2, 0.25) is 0 Å². The van der Waals surface area contributed by atoms with Gasteiger partial charge in [-0.15, -0.1) is 0 Å². The van der Waals surface area contributed by atoms with E-state index in [0.29, 0.717) is 18.6 Å². The minimum absolute atomic E-state index is 0.285. The quantitative estimate of drug-likeness (QED) is 0.777. The number of halogens is 1. The van der Waals surface area contributed by atoms with Gasteiger partial charge in [0.15, 0.2) is 0 Å². The Morgan fingerprint density at radius 2 is 2.19 bits per heavy atom. The van der Waals surface area contributed by atoms with Crippen molar-refractivity contribution in [3.05, 3.63) is 34.3 Å². The number of nitrogens with zero attached hydrogens (tertiary/aromatic N) is 1. The van der Waals surface area contributed by atoms with Gasteiger partial charge >= 0.3 is 0 Å². The van der Waals surface area contributed by atoms with E-state index in [1.165, 1.54) is 5.56 Å². The molecule has 3 rings (SSSR count). The molecule has 1 saturated heterocycles. The second-order valence-electron chi connectivity index (χ2n) is 6.06. The molecule has 1 unspecified atom stereocenters. The molecule has 1 heterocycles. The van der Waals surface area contributed by atoms with E-state index in [0.717, 1.165) is 49.7 Å². The van der Waals surface area contributed by atoms with Gasteiger partial charge in [-0.25, -0.2) is 0 Å². The van der Waals surface area contributed by atoms with Crippen LogP contribution in [-0.4, -0.2) is 29.6 Å². The third-order valence-electron chi connectivity index (χ3n) is 4.25. The lowest BCUT2D eigenvalue weighted by atomic mass is 10.1. The molecule has 2 aliphatic rings. The largest absolute Gasteiger partial charge is 0.378 e. The first-order valence-corrected chi connectivity index (χ1v) is 8.67. The molecule has 1 aromatic rings. The van der Waals surface area contributed by atoms with Crippen LogP contribution in [0, 0.1) is 0 Å². The number of hydrogen-bond acceptors (Lipinski definition) is 2. The number of amides is 1. The second kappa shape index (κ2) is 6.93. The van der Waals surface area contributed by atoms with Gasteiger partial charge in [0, 0.05) is 30.1 Å². The van der Waals surface area contributed by atoms with E-state index in [9.17, 15) is 4.79 Å². The van der Waals surface area contributed by atoms with E-state index in [1.807, 2.05) is 12.1 Å². The third kappa shape index (κ3) is 4.30. The van der Waals surface area contributed by atoms with E-state index in [4.69, 9.17) is 4.74 Å². The summed E-state index contributed by atoms with van der Waals surface area (Å²) in [5.74, 6) is 0.285. The van der Waals surface area contributed by atoms with Crippen molar-refractivity contribution in [3.8, 4) is 0 Å². The topological polar surface area (TPSA) is 29.5 Å². The highest BCUT2D eigenvalue weighted by molar-refractivity contribution is 9.10. The summed E-state index contributed by atoms with van der Waals surface area (Å²) in [4.78, 5) is 14.6. The molecule has 3 nitrogen and oxygen atoms in total. The van der Waals surface area contributed by atoms with Gasteiger partial charge in [0.1, 0.15) is 0 Å². The summed E-state index contributed by atoms with van der Waals surface area (Å²) in [6.45, 7) is 1.59. The fourth-order valence-electron chi connectivity index (χ4n) is 2.94. The first kappa shape index (κ1) is 15.0. The van der Waals surface area contributed by atoms with Gasteiger partial charge in [0.2, 0.25) is 5.91 Å². The van der Waals surface area contributed by atoms with Crippen molar-refractivity contribution in [2.45, 2.75) is 57.2 Å². The second-order valence-corrected chi connectivity index (χ2v) is 6.97. The summed E-state index contributed by atoms with van der Waals surface area (Å²) >= 11 is 3.50. The van der Waals surface area contributed by atoms with E-state index >= 15 is 0 Å². The first-order valence-electron chi connectivity index (χ1n) is 7.88. The number of ether oxygens (including phenoxy) is 1. The van der Waals surface area contributed by atoms with E-state index < -0.39 is 0 Å². The zero-order valence-electron chi connectivity index (χ0n) is 12.3. The smallest absolute Gasteiger partial charge is 0.223 e. The molecular formula is C17H22BrNO2. The molecule has 1 saturated carbocycles. The van der Waals surface area contributed by atoms with E-state index in [-0.39, 0.29) is 5.91 Å². The number of carbonyl (C=O) groups excluding carboxylic acids is 1. The van der Waals surface area contributed by atoms with Crippen molar-refractivity contribution in [1.82, 2.24) is 4.90 Å².